The van der Waals surface area contributed by atoms with E-state index < -0.39 is 17.7 Å². The zero-order chi connectivity index (χ0) is 14.9. The van der Waals surface area contributed by atoms with E-state index >= 15 is 0 Å². The minimum atomic E-state index is -4.38. The van der Waals surface area contributed by atoms with Crippen molar-refractivity contribution in [1.82, 2.24) is 0 Å². The number of carbonyl (C=O) groups is 1. The van der Waals surface area contributed by atoms with Crippen LogP contribution in [0.1, 0.15) is 21.5 Å². The Balaban J connectivity index is 2.44. The van der Waals surface area contributed by atoms with Crippen molar-refractivity contribution in [3.63, 3.8) is 0 Å². The molecule has 20 heavy (non-hydrogen) atoms. The molecule has 0 aliphatic carbocycles. The zero-order valence-corrected chi connectivity index (χ0v) is 10.5. The van der Waals surface area contributed by atoms with Gasteiger partial charge in [-0.1, -0.05) is 18.2 Å². The second-order valence-corrected chi connectivity index (χ2v) is 4.47. The van der Waals surface area contributed by atoms with E-state index in [0.717, 1.165) is 17.7 Å². The molecule has 0 heterocycles. The number of alkyl halides is 3. The topological polar surface area (TPSA) is 37.3 Å². The second-order valence-electron chi connectivity index (χ2n) is 4.47. The fourth-order valence-corrected chi connectivity index (χ4v) is 1.92. The number of hydrogen-bond donors (Lipinski definition) is 1. The Morgan fingerprint density at radius 2 is 1.60 bits per heavy atom. The van der Waals surface area contributed by atoms with Crippen LogP contribution in [-0.4, -0.2) is 11.1 Å². The van der Waals surface area contributed by atoms with Gasteiger partial charge in [0.1, 0.15) is 0 Å². The van der Waals surface area contributed by atoms with E-state index in [4.69, 9.17) is 5.11 Å². The highest BCUT2D eigenvalue weighted by atomic mass is 19.4. The van der Waals surface area contributed by atoms with Gasteiger partial charge in [-0.2, -0.15) is 13.2 Å². The van der Waals surface area contributed by atoms with Crippen LogP contribution in [-0.2, 0) is 6.18 Å². The SMILES string of the molecule is Cc1cc(C(=O)O)cc(-c2ccc(C(F)(F)F)cc2)c1. The summed E-state index contributed by atoms with van der Waals surface area (Å²) in [6, 6.07) is 9.32. The van der Waals surface area contributed by atoms with Gasteiger partial charge in [-0.05, 0) is 47.9 Å². The van der Waals surface area contributed by atoms with Gasteiger partial charge < -0.3 is 5.11 Å². The molecule has 0 radical (unpaired) electrons. The summed E-state index contributed by atoms with van der Waals surface area (Å²) in [7, 11) is 0. The highest BCUT2D eigenvalue weighted by Gasteiger charge is 2.29. The van der Waals surface area contributed by atoms with E-state index in [1.54, 1.807) is 13.0 Å². The number of carboxylic acid groups (broad SMARTS) is 1. The molecule has 0 atom stereocenters. The van der Waals surface area contributed by atoms with Crippen molar-refractivity contribution in [3.8, 4) is 11.1 Å². The Morgan fingerprint density at radius 1 is 1.00 bits per heavy atom. The average Bonchev–Trinajstić information content (AvgIpc) is 2.37. The van der Waals surface area contributed by atoms with Gasteiger partial charge in [0.2, 0.25) is 0 Å². The minimum Gasteiger partial charge on any atom is -0.478 e. The molecule has 1 N–H and O–H groups in total. The number of hydrogen-bond acceptors (Lipinski definition) is 1. The molecule has 0 aromatic heterocycles. The van der Waals surface area contributed by atoms with Gasteiger partial charge in [0.05, 0.1) is 11.1 Å². The maximum absolute atomic E-state index is 12.5. The van der Waals surface area contributed by atoms with Gasteiger partial charge in [0.25, 0.3) is 0 Å². The van der Waals surface area contributed by atoms with Gasteiger partial charge in [0, 0.05) is 0 Å². The Hall–Kier alpha value is -2.30. The number of carboxylic acids is 1. The third-order valence-corrected chi connectivity index (χ3v) is 2.87. The molecule has 0 saturated carbocycles. The lowest BCUT2D eigenvalue weighted by Crippen LogP contribution is -2.04. The van der Waals surface area contributed by atoms with Crippen LogP contribution >= 0.6 is 0 Å². The molecule has 0 spiro atoms. The lowest BCUT2D eigenvalue weighted by Gasteiger charge is -2.09. The van der Waals surface area contributed by atoms with Gasteiger partial charge in [0.15, 0.2) is 0 Å². The summed E-state index contributed by atoms with van der Waals surface area (Å²) in [6.07, 6.45) is -4.38. The maximum Gasteiger partial charge on any atom is 0.416 e. The van der Waals surface area contributed by atoms with Crippen molar-refractivity contribution in [3.05, 3.63) is 59.2 Å². The van der Waals surface area contributed by atoms with E-state index in [-0.39, 0.29) is 5.56 Å². The minimum absolute atomic E-state index is 0.111. The third kappa shape index (κ3) is 2.99. The van der Waals surface area contributed by atoms with Gasteiger partial charge in [-0.3, -0.25) is 0 Å². The number of aryl methyl sites for hydroxylation is 1. The summed E-state index contributed by atoms with van der Waals surface area (Å²) in [5.41, 5.74) is 1.24. The van der Waals surface area contributed by atoms with Crippen LogP contribution in [0.5, 0.6) is 0 Å². The van der Waals surface area contributed by atoms with E-state index in [1.165, 1.54) is 24.3 Å². The number of rotatable bonds is 2. The van der Waals surface area contributed by atoms with Crippen molar-refractivity contribution < 1.29 is 23.1 Å². The van der Waals surface area contributed by atoms with Crippen LogP contribution in [0, 0.1) is 6.92 Å². The maximum atomic E-state index is 12.5. The van der Waals surface area contributed by atoms with Crippen LogP contribution in [0.25, 0.3) is 11.1 Å². The standard InChI is InChI=1S/C15H11F3O2/c1-9-6-11(8-12(7-9)14(19)20)10-2-4-13(5-3-10)15(16,17)18/h2-8H,1H3,(H,19,20). The number of benzene rings is 2. The predicted octanol–water partition coefficient (Wildman–Crippen LogP) is 4.38. The van der Waals surface area contributed by atoms with Crippen molar-refractivity contribution in [2.75, 3.05) is 0 Å². The molecule has 104 valence electrons. The summed E-state index contributed by atoms with van der Waals surface area (Å²) >= 11 is 0. The van der Waals surface area contributed by atoms with Crippen LogP contribution in [0.2, 0.25) is 0 Å². The molecule has 0 fully saturated rings. The van der Waals surface area contributed by atoms with Crippen LogP contribution in [0.3, 0.4) is 0 Å². The fraction of sp³-hybridized carbons (Fsp3) is 0.133. The van der Waals surface area contributed by atoms with Crippen molar-refractivity contribution in [1.29, 1.82) is 0 Å². The predicted molar refractivity (Wildman–Crippen MR) is 68.6 cm³/mol. The number of halogens is 3. The molecule has 0 aliphatic rings. The monoisotopic (exact) mass is 280 g/mol. The molecular weight excluding hydrogens is 269 g/mol. The summed E-state index contributed by atoms with van der Waals surface area (Å²) in [5, 5.41) is 8.98. The number of aromatic carboxylic acids is 1. The molecule has 2 aromatic rings. The first kappa shape index (κ1) is 14.1. The molecule has 0 amide bonds. The van der Waals surface area contributed by atoms with E-state index in [9.17, 15) is 18.0 Å². The van der Waals surface area contributed by atoms with E-state index in [0.29, 0.717) is 11.1 Å². The van der Waals surface area contributed by atoms with E-state index in [2.05, 4.69) is 0 Å². The normalized spacial score (nSPS) is 11.4. The molecule has 0 aliphatic heterocycles. The second kappa shape index (κ2) is 5.00. The first-order valence-corrected chi connectivity index (χ1v) is 5.80. The molecule has 0 saturated heterocycles. The van der Waals surface area contributed by atoms with Gasteiger partial charge in [-0.25, -0.2) is 4.79 Å². The summed E-state index contributed by atoms with van der Waals surface area (Å²) in [6.45, 7) is 1.74. The first-order valence-electron chi connectivity index (χ1n) is 5.80. The Kier molecular flexibility index (Phi) is 3.53. The molecule has 2 aromatic carbocycles. The largest absolute Gasteiger partial charge is 0.478 e. The Bertz CT molecular complexity index is 643. The fourth-order valence-electron chi connectivity index (χ4n) is 1.92. The molecule has 2 rings (SSSR count). The van der Waals surface area contributed by atoms with Crippen LogP contribution in [0.15, 0.2) is 42.5 Å². The Labute approximate surface area is 113 Å². The van der Waals surface area contributed by atoms with Crippen molar-refractivity contribution in [2.45, 2.75) is 13.1 Å². The summed E-state index contributed by atoms with van der Waals surface area (Å²) in [5.74, 6) is -1.07. The molecule has 0 unspecified atom stereocenters. The smallest absolute Gasteiger partial charge is 0.416 e. The highest BCUT2D eigenvalue weighted by molar-refractivity contribution is 5.89. The van der Waals surface area contributed by atoms with Crippen LogP contribution < -0.4 is 0 Å². The van der Waals surface area contributed by atoms with Gasteiger partial charge in [-0.15, -0.1) is 0 Å². The molecular formula is C15H11F3O2. The van der Waals surface area contributed by atoms with Crippen molar-refractivity contribution in [2.24, 2.45) is 0 Å². The van der Waals surface area contributed by atoms with Crippen molar-refractivity contribution >= 4 is 5.97 Å². The lowest BCUT2D eigenvalue weighted by atomic mass is 9.99. The summed E-state index contributed by atoms with van der Waals surface area (Å²) < 4.78 is 37.4. The molecule has 2 nitrogen and oxygen atoms in total. The Morgan fingerprint density at radius 3 is 2.10 bits per heavy atom. The van der Waals surface area contributed by atoms with E-state index in [1.807, 2.05) is 0 Å². The highest BCUT2D eigenvalue weighted by Crippen LogP contribution is 2.31. The molecule has 0 bridgehead atoms. The van der Waals surface area contributed by atoms with Gasteiger partial charge >= 0.3 is 12.1 Å². The quantitative estimate of drug-likeness (QED) is 0.886. The average molecular weight is 280 g/mol. The first-order chi connectivity index (χ1) is 9.27. The lowest BCUT2D eigenvalue weighted by molar-refractivity contribution is -0.137. The third-order valence-electron chi connectivity index (χ3n) is 2.87. The zero-order valence-electron chi connectivity index (χ0n) is 10.5. The van der Waals surface area contributed by atoms with Crippen LogP contribution in [0.4, 0.5) is 13.2 Å². The molecule has 5 heteroatoms. The summed E-state index contributed by atoms with van der Waals surface area (Å²) in [4.78, 5) is 11.0.